The molecule has 98 valence electrons. The Bertz CT molecular complexity index is 550. The molecule has 4 nitrogen and oxygen atoms in total. The van der Waals surface area contributed by atoms with Gasteiger partial charge in [-0.1, -0.05) is 0 Å². The minimum atomic E-state index is -3.68. The molecular formula is C12H15FN2O2S. The zero-order chi connectivity index (χ0) is 13.6. The molecule has 0 spiro atoms. The Morgan fingerprint density at radius 2 is 2.11 bits per heavy atom. The Balaban J connectivity index is 2.63. The van der Waals surface area contributed by atoms with Gasteiger partial charge in [0, 0.05) is 13.0 Å². The molecular weight excluding hydrogens is 255 g/mol. The molecule has 1 rings (SSSR count). The third kappa shape index (κ3) is 4.02. The molecule has 6 heteroatoms. The third-order valence-corrected chi connectivity index (χ3v) is 3.78. The Hall–Kier alpha value is -1.58. The maximum atomic E-state index is 13.2. The van der Waals surface area contributed by atoms with Crippen LogP contribution in [0.2, 0.25) is 0 Å². The molecule has 0 aliphatic heterocycles. The Morgan fingerprint density at radius 3 is 2.72 bits per heavy atom. The molecule has 0 amide bonds. The second-order valence-corrected chi connectivity index (χ2v) is 5.51. The summed E-state index contributed by atoms with van der Waals surface area (Å²) in [7, 11) is -3.68. The molecule has 0 unspecified atom stereocenters. The number of nitrogens with one attached hydrogen (secondary N) is 1. The SMILES string of the molecule is C#CCCCCNS(=O)(=O)c1ccc(N)c(F)c1. The van der Waals surface area contributed by atoms with Crippen LogP contribution in [-0.4, -0.2) is 15.0 Å². The van der Waals surface area contributed by atoms with E-state index in [1.807, 2.05) is 0 Å². The number of anilines is 1. The van der Waals surface area contributed by atoms with E-state index in [2.05, 4.69) is 10.6 Å². The number of unbranched alkanes of at least 4 members (excludes halogenated alkanes) is 2. The van der Waals surface area contributed by atoms with Crippen molar-refractivity contribution in [2.75, 3.05) is 12.3 Å². The number of halogens is 1. The summed E-state index contributed by atoms with van der Waals surface area (Å²) < 4.78 is 39.1. The first-order valence-corrected chi connectivity index (χ1v) is 6.94. The van der Waals surface area contributed by atoms with Gasteiger partial charge in [-0.15, -0.1) is 12.3 Å². The molecule has 0 atom stereocenters. The summed E-state index contributed by atoms with van der Waals surface area (Å²) in [4.78, 5) is -0.133. The van der Waals surface area contributed by atoms with Gasteiger partial charge in [0.1, 0.15) is 5.82 Å². The van der Waals surface area contributed by atoms with E-state index in [0.717, 1.165) is 12.5 Å². The van der Waals surface area contributed by atoms with E-state index in [0.29, 0.717) is 12.8 Å². The van der Waals surface area contributed by atoms with Crippen LogP contribution < -0.4 is 10.5 Å². The van der Waals surface area contributed by atoms with Crippen LogP contribution in [0.4, 0.5) is 10.1 Å². The van der Waals surface area contributed by atoms with Crippen LogP contribution in [0.3, 0.4) is 0 Å². The lowest BCUT2D eigenvalue weighted by molar-refractivity contribution is 0.574. The Labute approximate surface area is 106 Å². The van der Waals surface area contributed by atoms with Gasteiger partial charge in [-0.05, 0) is 31.0 Å². The van der Waals surface area contributed by atoms with E-state index in [-0.39, 0.29) is 17.1 Å². The fourth-order valence-corrected chi connectivity index (χ4v) is 2.40. The quantitative estimate of drug-likeness (QED) is 0.467. The van der Waals surface area contributed by atoms with Gasteiger partial charge >= 0.3 is 0 Å². The summed E-state index contributed by atoms with van der Waals surface area (Å²) in [5.41, 5.74) is 5.20. The molecule has 0 aliphatic carbocycles. The molecule has 0 aromatic heterocycles. The topological polar surface area (TPSA) is 72.2 Å². The smallest absolute Gasteiger partial charge is 0.240 e. The average Bonchev–Trinajstić information content (AvgIpc) is 2.32. The van der Waals surface area contributed by atoms with Crippen molar-refractivity contribution in [1.29, 1.82) is 0 Å². The molecule has 1 aromatic carbocycles. The normalized spacial score (nSPS) is 11.1. The van der Waals surface area contributed by atoms with Crippen molar-refractivity contribution in [2.45, 2.75) is 24.2 Å². The van der Waals surface area contributed by atoms with Crippen molar-refractivity contribution >= 4 is 15.7 Å². The van der Waals surface area contributed by atoms with Crippen molar-refractivity contribution in [1.82, 2.24) is 4.72 Å². The predicted octanol–water partition coefficient (Wildman–Crippen LogP) is 1.49. The van der Waals surface area contributed by atoms with Crippen LogP contribution in [0.5, 0.6) is 0 Å². The van der Waals surface area contributed by atoms with Gasteiger partial charge in [0.05, 0.1) is 10.6 Å². The summed E-state index contributed by atoms with van der Waals surface area (Å²) in [5.74, 6) is 1.72. The number of benzene rings is 1. The highest BCUT2D eigenvalue weighted by atomic mass is 32.2. The molecule has 0 saturated heterocycles. The second-order valence-electron chi connectivity index (χ2n) is 3.74. The van der Waals surface area contributed by atoms with Crippen LogP contribution >= 0.6 is 0 Å². The number of nitrogens with two attached hydrogens (primary N) is 1. The molecule has 0 bridgehead atoms. The van der Waals surface area contributed by atoms with E-state index < -0.39 is 15.8 Å². The van der Waals surface area contributed by atoms with Crippen molar-refractivity contribution < 1.29 is 12.8 Å². The van der Waals surface area contributed by atoms with Crippen molar-refractivity contribution in [3.05, 3.63) is 24.0 Å². The number of sulfonamides is 1. The van der Waals surface area contributed by atoms with Crippen LogP contribution in [0.25, 0.3) is 0 Å². The largest absolute Gasteiger partial charge is 0.396 e. The minimum Gasteiger partial charge on any atom is -0.396 e. The van der Waals surface area contributed by atoms with Gasteiger partial charge < -0.3 is 5.73 Å². The zero-order valence-electron chi connectivity index (χ0n) is 9.82. The first-order chi connectivity index (χ1) is 8.47. The lowest BCUT2D eigenvalue weighted by Crippen LogP contribution is -2.25. The van der Waals surface area contributed by atoms with Crippen molar-refractivity contribution in [3.8, 4) is 12.3 Å². The van der Waals surface area contributed by atoms with Crippen LogP contribution in [0, 0.1) is 18.2 Å². The minimum absolute atomic E-state index is 0.0806. The molecule has 18 heavy (non-hydrogen) atoms. The Kier molecular flexibility index (Phi) is 5.13. The number of hydrogen-bond acceptors (Lipinski definition) is 3. The zero-order valence-corrected chi connectivity index (χ0v) is 10.6. The summed E-state index contributed by atoms with van der Waals surface area (Å²) in [5, 5.41) is 0. The molecule has 0 fully saturated rings. The molecule has 3 N–H and O–H groups in total. The van der Waals surface area contributed by atoms with Gasteiger partial charge in [-0.2, -0.15) is 0 Å². The van der Waals surface area contributed by atoms with Gasteiger partial charge in [-0.3, -0.25) is 0 Å². The number of rotatable bonds is 6. The maximum absolute atomic E-state index is 13.2. The summed E-state index contributed by atoms with van der Waals surface area (Å²) in [6, 6.07) is 3.39. The monoisotopic (exact) mass is 270 g/mol. The highest BCUT2D eigenvalue weighted by Crippen LogP contribution is 2.16. The van der Waals surface area contributed by atoms with E-state index in [9.17, 15) is 12.8 Å². The molecule has 0 heterocycles. The van der Waals surface area contributed by atoms with Crippen LogP contribution in [0.1, 0.15) is 19.3 Å². The fourth-order valence-electron chi connectivity index (χ4n) is 1.32. The van der Waals surface area contributed by atoms with Gasteiger partial charge in [0.25, 0.3) is 0 Å². The van der Waals surface area contributed by atoms with E-state index in [4.69, 9.17) is 12.2 Å². The molecule has 0 radical (unpaired) electrons. The third-order valence-electron chi connectivity index (χ3n) is 2.32. The van der Waals surface area contributed by atoms with Crippen LogP contribution in [-0.2, 0) is 10.0 Å². The lowest BCUT2D eigenvalue weighted by Gasteiger charge is -2.07. The Morgan fingerprint density at radius 1 is 1.39 bits per heavy atom. The highest BCUT2D eigenvalue weighted by Gasteiger charge is 2.14. The highest BCUT2D eigenvalue weighted by molar-refractivity contribution is 7.89. The molecule has 0 saturated carbocycles. The standard InChI is InChI=1S/C12H15FN2O2S/c1-2-3-4-5-8-15-18(16,17)10-6-7-12(14)11(13)9-10/h1,6-7,9,15H,3-5,8,14H2. The van der Waals surface area contributed by atoms with Crippen molar-refractivity contribution in [2.24, 2.45) is 0 Å². The first kappa shape index (κ1) is 14.5. The summed E-state index contributed by atoms with van der Waals surface area (Å²) in [6.07, 6.45) is 7.07. The summed E-state index contributed by atoms with van der Waals surface area (Å²) >= 11 is 0. The number of terminal acetylenes is 1. The fraction of sp³-hybridized carbons (Fsp3) is 0.333. The molecule has 1 aromatic rings. The number of nitrogen functional groups attached to an aromatic ring is 1. The van der Waals surface area contributed by atoms with Gasteiger partial charge in [0.2, 0.25) is 10.0 Å². The van der Waals surface area contributed by atoms with Gasteiger partial charge in [0.15, 0.2) is 0 Å². The summed E-state index contributed by atoms with van der Waals surface area (Å²) in [6.45, 7) is 0.274. The van der Waals surface area contributed by atoms with Crippen LogP contribution in [0.15, 0.2) is 23.1 Å². The second kappa shape index (κ2) is 6.38. The first-order valence-electron chi connectivity index (χ1n) is 5.45. The maximum Gasteiger partial charge on any atom is 0.240 e. The lowest BCUT2D eigenvalue weighted by atomic mass is 10.2. The van der Waals surface area contributed by atoms with Gasteiger partial charge in [-0.25, -0.2) is 17.5 Å². The van der Waals surface area contributed by atoms with E-state index in [1.165, 1.54) is 12.1 Å². The van der Waals surface area contributed by atoms with E-state index >= 15 is 0 Å². The van der Waals surface area contributed by atoms with E-state index in [1.54, 1.807) is 0 Å². The predicted molar refractivity (Wildman–Crippen MR) is 68.7 cm³/mol. The van der Waals surface area contributed by atoms with Crippen molar-refractivity contribution in [3.63, 3.8) is 0 Å². The number of hydrogen-bond donors (Lipinski definition) is 2. The average molecular weight is 270 g/mol. The molecule has 0 aliphatic rings.